The fourth-order valence-electron chi connectivity index (χ4n) is 4.10. The van der Waals surface area contributed by atoms with Crippen LogP contribution in [0.15, 0.2) is 18.2 Å². The van der Waals surface area contributed by atoms with E-state index in [1.807, 2.05) is 7.05 Å². The van der Waals surface area contributed by atoms with Gasteiger partial charge in [0.1, 0.15) is 11.9 Å². The highest BCUT2D eigenvalue weighted by Crippen LogP contribution is 2.55. The zero-order chi connectivity index (χ0) is 19.8. The number of hydrogen-bond acceptors (Lipinski definition) is 3. The van der Waals surface area contributed by atoms with Crippen LogP contribution in [0, 0.1) is 5.82 Å². The molecule has 27 heavy (non-hydrogen) atoms. The van der Waals surface area contributed by atoms with Crippen LogP contribution in [0.5, 0.6) is 0 Å². The maximum atomic E-state index is 13.7. The van der Waals surface area contributed by atoms with Gasteiger partial charge in [-0.25, -0.2) is 9.18 Å². The van der Waals surface area contributed by atoms with Gasteiger partial charge in [0.25, 0.3) is 0 Å². The number of carbonyl (C=O) groups excluding carboxylic acids is 1. The lowest BCUT2D eigenvalue weighted by molar-refractivity contribution is -0.140. The summed E-state index contributed by atoms with van der Waals surface area (Å²) < 4.78 is 58.9. The second-order valence-corrected chi connectivity index (χ2v) is 7.39. The summed E-state index contributed by atoms with van der Waals surface area (Å²) in [4.78, 5) is 14.2. The predicted octanol–water partition coefficient (Wildman–Crippen LogP) is 4.09. The molecule has 1 saturated carbocycles. The van der Waals surface area contributed by atoms with Crippen LogP contribution in [-0.2, 0) is 16.3 Å². The number of alkyl carbamates (subject to hydrolysis) is 1. The quantitative estimate of drug-likeness (QED) is 0.773. The summed E-state index contributed by atoms with van der Waals surface area (Å²) in [5.74, 6) is -1.29. The maximum absolute atomic E-state index is 13.7. The fraction of sp³-hybridized carbons (Fsp3) is 0.632. The summed E-state index contributed by atoms with van der Waals surface area (Å²) in [6.45, 7) is 3.00. The number of amides is 1. The second-order valence-electron chi connectivity index (χ2n) is 7.39. The minimum Gasteiger partial charge on any atom is -0.444 e. The van der Waals surface area contributed by atoms with E-state index in [2.05, 4.69) is 10.2 Å². The molecule has 2 atom stereocenters. The summed E-state index contributed by atoms with van der Waals surface area (Å²) >= 11 is 0. The molecule has 1 aromatic carbocycles. The minimum absolute atomic E-state index is 0.0745. The van der Waals surface area contributed by atoms with Gasteiger partial charge in [-0.3, -0.25) is 4.90 Å². The third-order valence-electron chi connectivity index (χ3n) is 5.66. The van der Waals surface area contributed by atoms with Gasteiger partial charge < -0.3 is 10.1 Å². The van der Waals surface area contributed by atoms with E-state index in [0.717, 1.165) is 31.5 Å². The molecule has 4 nitrogen and oxygen atoms in total. The first-order valence-electron chi connectivity index (χ1n) is 9.21. The second kappa shape index (κ2) is 7.30. The number of benzene rings is 1. The van der Waals surface area contributed by atoms with Crippen LogP contribution < -0.4 is 5.32 Å². The van der Waals surface area contributed by atoms with Gasteiger partial charge in [-0.05, 0) is 63.9 Å². The van der Waals surface area contributed by atoms with Gasteiger partial charge in [-0.1, -0.05) is 6.07 Å². The zero-order valence-corrected chi connectivity index (χ0v) is 15.4. The normalized spacial score (nSPS) is 23.1. The number of halogens is 4. The van der Waals surface area contributed by atoms with Crippen molar-refractivity contribution in [2.75, 3.05) is 20.1 Å². The number of carbonyl (C=O) groups is 1. The van der Waals surface area contributed by atoms with Gasteiger partial charge in [-0.15, -0.1) is 0 Å². The van der Waals surface area contributed by atoms with E-state index in [1.165, 1.54) is 6.07 Å². The number of nitrogens with zero attached hydrogens (tertiary/aromatic N) is 1. The highest BCUT2D eigenvalue weighted by Gasteiger charge is 2.57. The molecule has 1 amide bonds. The standard InChI is InChI=1S/C19H24F4N2O2/c1-3-24-17(26)27-16(15-5-4-10-25(15)2)18(8-9-18)12-6-7-14(20)13(11-12)19(21,22)23/h6-7,11,15-16H,3-5,8-10H2,1-2H3,(H,24,26)/t15?,16-/m1/s1. The third-order valence-corrected chi connectivity index (χ3v) is 5.66. The zero-order valence-electron chi connectivity index (χ0n) is 15.4. The first-order chi connectivity index (χ1) is 12.7. The Hall–Kier alpha value is -1.83. The molecule has 2 aliphatic rings. The van der Waals surface area contributed by atoms with Crippen molar-refractivity contribution in [2.24, 2.45) is 0 Å². The number of nitrogens with one attached hydrogen (secondary N) is 1. The number of likely N-dealkylation sites (N-methyl/N-ethyl adjacent to an activating group) is 1. The van der Waals surface area contributed by atoms with E-state index >= 15 is 0 Å². The summed E-state index contributed by atoms with van der Waals surface area (Å²) in [5.41, 5.74) is -1.60. The first-order valence-corrected chi connectivity index (χ1v) is 9.21. The van der Waals surface area contributed by atoms with Crippen LogP contribution in [0.1, 0.15) is 43.7 Å². The lowest BCUT2D eigenvalue weighted by Crippen LogP contribution is -2.48. The summed E-state index contributed by atoms with van der Waals surface area (Å²) in [5, 5.41) is 2.59. The van der Waals surface area contributed by atoms with Gasteiger partial charge in [-0.2, -0.15) is 13.2 Å². The molecular weight excluding hydrogens is 364 g/mol. The molecule has 1 aliphatic carbocycles. The Bertz CT molecular complexity index is 703. The van der Waals surface area contributed by atoms with Crippen LogP contribution in [-0.4, -0.2) is 43.3 Å². The molecule has 1 unspecified atom stereocenters. The van der Waals surface area contributed by atoms with Crippen LogP contribution >= 0.6 is 0 Å². The van der Waals surface area contributed by atoms with Gasteiger partial charge in [0.05, 0.1) is 5.56 Å². The van der Waals surface area contributed by atoms with E-state index < -0.39 is 35.2 Å². The highest BCUT2D eigenvalue weighted by atomic mass is 19.4. The largest absolute Gasteiger partial charge is 0.444 e. The van der Waals surface area contributed by atoms with E-state index in [4.69, 9.17) is 4.74 Å². The SMILES string of the molecule is CCNC(=O)O[C@H](C1CCCN1C)C1(c2ccc(F)c(C(F)(F)F)c2)CC1. The molecule has 3 rings (SSSR count). The Kier molecular flexibility index (Phi) is 5.38. The van der Waals surface area contributed by atoms with Crippen LogP contribution in [0.3, 0.4) is 0 Å². The first kappa shape index (κ1) is 19.9. The Morgan fingerprint density at radius 3 is 2.63 bits per heavy atom. The predicted molar refractivity (Wildman–Crippen MR) is 91.9 cm³/mol. The lowest BCUT2D eigenvalue weighted by Gasteiger charge is -2.35. The molecule has 1 N–H and O–H groups in total. The lowest BCUT2D eigenvalue weighted by atomic mass is 9.84. The van der Waals surface area contributed by atoms with Crippen LogP contribution in [0.2, 0.25) is 0 Å². The monoisotopic (exact) mass is 388 g/mol. The molecule has 1 saturated heterocycles. The van der Waals surface area contributed by atoms with Crippen molar-refractivity contribution in [3.63, 3.8) is 0 Å². The summed E-state index contributed by atoms with van der Waals surface area (Å²) in [6, 6.07) is 3.06. The van der Waals surface area contributed by atoms with Gasteiger partial charge >= 0.3 is 12.3 Å². The number of rotatable bonds is 5. The van der Waals surface area contributed by atoms with Gasteiger partial charge in [0.15, 0.2) is 0 Å². The average Bonchev–Trinajstić information content (AvgIpc) is 3.28. The molecule has 0 bridgehead atoms. The number of alkyl halides is 3. The smallest absolute Gasteiger partial charge is 0.419 e. The molecule has 150 valence electrons. The van der Waals surface area contributed by atoms with Crippen LogP contribution in [0.4, 0.5) is 22.4 Å². The van der Waals surface area contributed by atoms with E-state index in [0.29, 0.717) is 24.9 Å². The van der Waals surface area contributed by atoms with Crippen molar-refractivity contribution in [2.45, 2.75) is 56.3 Å². The van der Waals surface area contributed by atoms with Crippen molar-refractivity contribution >= 4 is 6.09 Å². The van der Waals surface area contributed by atoms with Crippen molar-refractivity contribution in [1.29, 1.82) is 0 Å². The Labute approximate surface area is 155 Å². The molecule has 2 fully saturated rings. The molecule has 8 heteroatoms. The summed E-state index contributed by atoms with van der Waals surface area (Å²) in [7, 11) is 1.92. The van der Waals surface area contributed by atoms with E-state index in [-0.39, 0.29) is 6.04 Å². The average molecular weight is 388 g/mol. The number of hydrogen-bond donors (Lipinski definition) is 1. The Morgan fingerprint density at radius 2 is 2.11 bits per heavy atom. The molecule has 0 aromatic heterocycles. The van der Waals surface area contributed by atoms with Crippen molar-refractivity contribution in [1.82, 2.24) is 10.2 Å². The maximum Gasteiger partial charge on any atom is 0.419 e. The molecule has 0 spiro atoms. The molecule has 1 heterocycles. The Morgan fingerprint density at radius 1 is 1.41 bits per heavy atom. The van der Waals surface area contributed by atoms with Crippen molar-refractivity contribution in [3.8, 4) is 0 Å². The highest BCUT2D eigenvalue weighted by molar-refractivity contribution is 5.67. The summed E-state index contributed by atoms with van der Waals surface area (Å²) in [6.07, 6.45) is -2.99. The van der Waals surface area contributed by atoms with Crippen molar-refractivity contribution < 1.29 is 27.1 Å². The van der Waals surface area contributed by atoms with E-state index in [1.54, 1.807) is 6.92 Å². The molecule has 0 radical (unpaired) electrons. The number of likely N-dealkylation sites (tertiary alicyclic amines) is 1. The van der Waals surface area contributed by atoms with Crippen LogP contribution in [0.25, 0.3) is 0 Å². The molecule has 1 aliphatic heterocycles. The Balaban J connectivity index is 1.97. The van der Waals surface area contributed by atoms with E-state index in [9.17, 15) is 22.4 Å². The van der Waals surface area contributed by atoms with Gasteiger partial charge in [0, 0.05) is 18.0 Å². The fourth-order valence-corrected chi connectivity index (χ4v) is 4.10. The van der Waals surface area contributed by atoms with Gasteiger partial charge in [0.2, 0.25) is 0 Å². The number of ether oxygens (including phenoxy) is 1. The topological polar surface area (TPSA) is 41.6 Å². The third kappa shape index (κ3) is 3.90. The molecular formula is C19H24F4N2O2. The van der Waals surface area contributed by atoms with Crippen molar-refractivity contribution in [3.05, 3.63) is 35.1 Å². The minimum atomic E-state index is -4.77. The molecule has 1 aromatic rings.